The van der Waals surface area contributed by atoms with E-state index in [1.165, 1.54) is 37.4 Å². The molecule has 1 aromatic carbocycles. The van der Waals surface area contributed by atoms with Gasteiger partial charge in [-0.05, 0) is 50.2 Å². The van der Waals surface area contributed by atoms with Crippen molar-refractivity contribution in [2.75, 3.05) is 18.0 Å². The fourth-order valence-electron chi connectivity index (χ4n) is 4.46. The van der Waals surface area contributed by atoms with Gasteiger partial charge >= 0.3 is 0 Å². The van der Waals surface area contributed by atoms with E-state index in [0.29, 0.717) is 26.3 Å². The molecule has 0 unspecified atom stereocenters. The molecule has 29 heavy (non-hydrogen) atoms. The molecule has 0 radical (unpaired) electrons. The highest BCUT2D eigenvalue weighted by molar-refractivity contribution is 7.99. The number of aryl methyl sites for hydroxylation is 1. The third-order valence-electron chi connectivity index (χ3n) is 6.15. The highest BCUT2D eigenvalue weighted by atomic mass is 35.5. The molecule has 8 heteroatoms. The Hall–Kier alpha value is -1.50. The Kier molecular flexibility index (Phi) is 5.96. The number of carbonyl (C=O) groups is 1. The van der Waals surface area contributed by atoms with Gasteiger partial charge in [-0.15, -0.1) is 0 Å². The quantitative estimate of drug-likeness (QED) is 0.665. The summed E-state index contributed by atoms with van der Waals surface area (Å²) in [5, 5.41) is 1.54. The highest BCUT2D eigenvalue weighted by Crippen LogP contribution is 2.47. The van der Waals surface area contributed by atoms with E-state index in [9.17, 15) is 4.79 Å². The number of primary amides is 1. The molecule has 1 amide bonds. The number of nitrogens with two attached hydrogens (primary N) is 1. The van der Waals surface area contributed by atoms with Crippen LogP contribution < -0.4 is 10.6 Å². The molecular formula is C21H24Cl2N4OS. The summed E-state index contributed by atoms with van der Waals surface area (Å²) in [7, 11) is 0. The lowest BCUT2D eigenvalue weighted by Gasteiger charge is -2.40. The van der Waals surface area contributed by atoms with Gasteiger partial charge in [-0.1, -0.05) is 53.9 Å². The minimum atomic E-state index is -0.562. The second-order valence-corrected chi connectivity index (χ2v) is 9.81. The summed E-state index contributed by atoms with van der Waals surface area (Å²) in [6.07, 6.45) is 7.60. The number of anilines is 1. The molecule has 2 heterocycles. The second kappa shape index (κ2) is 8.32. The van der Waals surface area contributed by atoms with E-state index in [0.717, 1.165) is 36.5 Å². The van der Waals surface area contributed by atoms with Gasteiger partial charge in [0.2, 0.25) is 0 Å². The normalized spacial score (nSPS) is 18.4. The fourth-order valence-corrected chi connectivity index (χ4v) is 5.82. The van der Waals surface area contributed by atoms with Crippen molar-refractivity contribution in [3.05, 3.63) is 39.6 Å². The number of rotatable bonds is 4. The van der Waals surface area contributed by atoms with E-state index in [2.05, 4.69) is 9.88 Å². The minimum absolute atomic E-state index is 0.221. The topological polar surface area (TPSA) is 72.1 Å². The lowest BCUT2D eigenvalue weighted by atomic mass is 9.77. The zero-order valence-corrected chi connectivity index (χ0v) is 18.7. The third kappa shape index (κ3) is 4.21. The first kappa shape index (κ1) is 20.8. The SMILES string of the molecule is Cc1nc(N2CCC3(CCCC3)CC2)c(C(N)=O)nc1Sc1cccc(Cl)c1Cl. The van der Waals surface area contributed by atoms with Crippen LogP contribution in [0.4, 0.5) is 5.82 Å². The lowest BCUT2D eigenvalue weighted by Crippen LogP contribution is -2.40. The number of hydrogen-bond donors (Lipinski definition) is 1. The Balaban J connectivity index is 1.61. The van der Waals surface area contributed by atoms with Gasteiger partial charge in [0.25, 0.3) is 5.91 Å². The molecule has 1 spiro atoms. The first-order valence-electron chi connectivity index (χ1n) is 9.94. The van der Waals surface area contributed by atoms with Crippen LogP contribution >= 0.6 is 35.0 Å². The number of piperidine rings is 1. The van der Waals surface area contributed by atoms with Crippen LogP contribution in [-0.4, -0.2) is 29.0 Å². The zero-order chi connectivity index (χ0) is 20.6. The number of amides is 1. The highest BCUT2D eigenvalue weighted by Gasteiger charge is 2.38. The van der Waals surface area contributed by atoms with Crippen molar-refractivity contribution in [2.45, 2.75) is 55.4 Å². The van der Waals surface area contributed by atoms with E-state index >= 15 is 0 Å². The Morgan fingerprint density at radius 1 is 1.14 bits per heavy atom. The van der Waals surface area contributed by atoms with Crippen molar-refractivity contribution in [3.63, 3.8) is 0 Å². The van der Waals surface area contributed by atoms with Crippen molar-refractivity contribution in [2.24, 2.45) is 11.1 Å². The van der Waals surface area contributed by atoms with Gasteiger partial charge in [-0.2, -0.15) is 0 Å². The van der Waals surface area contributed by atoms with Crippen molar-refractivity contribution in [1.29, 1.82) is 0 Å². The molecule has 4 rings (SSSR count). The van der Waals surface area contributed by atoms with Gasteiger partial charge in [0.15, 0.2) is 11.5 Å². The first-order chi connectivity index (χ1) is 13.9. The molecule has 2 fully saturated rings. The van der Waals surface area contributed by atoms with E-state index in [1.807, 2.05) is 19.1 Å². The molecule has 5 nitrogen and oxygen atoms in total. The van der Waals surface area contributed by atoms with Crippen LogP contribution in [-0.2, 0) is 0 Å². The van der Waals surface area contributed by atoms with Crippen molar-refractivity contribution in [1.82, 2.24) is 9.97 Å². The summed E-state index contributed by atoms with van der Waals surface area (Å²) in [6, 6.07) is 5.43. The smallest absolute Gasteiger partial charge is 0.271 e. The molecular weight excluding hydrogens is 427 g/mol. The van der Waals surface area contributed by atoms with Crippen LogP contribution in [0, 0.1) is 12.3 Å². The van der Waals surface area contributed by atoms with Crippen LogP contribution in [0.1, 0.15) is 54.7 Å². The van der Waals surface area contributed by atoms with Crippen LogP contribution in [0.5, 0.6) is 0 Å². The Labute approximate surface area is 185 Å². The molecule has 2 aromatic rings. The number of halogens is 2. The number of carbonyl (C=O) groups excluding carboxylic acids is 1. The van der Waals surface area contributed by atoms with Gasteiger partial charge in [0, 0.05) is 18.0 Å². The summed E-state index contributed by atoms with van der Waals surface area (Å²) < 4.78 is 0. The standard InChI is InChI=1S/C21H24Cl2N4OS/c1-13-20(29-15-6-4-5-14(22)16(15)23)26-17(18(24)28)19(25-13)27-11-9-21(10-12-27)7-2-3-8-21/h4-6H,2-3,7-12H2,1H3,(H2,24,28). The van der Waals surface area contributed by atoms with Crippen LogP contribution in [0.15, 0.2) is 28.1 Å². The molecule has 1 saturated heterocycles. The average Bonchev–Trinajstić information content (AvgIpc) is 3.15. The molecule has 1 aromatic heterocycles. The summed E-state index contributed by atoms with van der Waals surface area (Å²) in [4.78, 5) is 24.5. The number of benzene rings is 1. The summed E-state index contributed by atoms with van der Waals surface area (Å²) in [5.74, 6) is 0.0390. The Morgan fingerprint density at radius 3 is 2.48 bits per heavy atom. The van der Waals surface area contributed by atoms with E-state index in [1.54, 1.807) is 6.07 Å². The second-order valence-electron chi connectivity index (χ2n) is 8.00. The monoisotopic (exact) mass is 450 g/mol. The van der Waals surface area contributed by atoms with Gasteiger partial charge < -0.3 is 10.6 Å². The molecule has 0 atom stereocenters. The maximum atomic E-state index is 12.2. The van der Waals surface area contributed by atoms with Crippen LogP contribution in [0.25, 0.3) is 0 Å². The predicted molar refractivity (Wildman–Crippen MR) is 118 cm³/mol. The minimum Gasteiger partial charge on any atom is -0.364 e. The maximum Gasteiger partial charge on any atom is 0.271 e. The molecule has 1 saturated carbocycles. The van der Waals surface area contributed by atoms with Crippen LogP contribution in [0.3, 0.4) is 0 Å². The zero-order valence-electron chi connectivity index (χ0n) is 16.4. The van der Waals surface area contributed by atoms with Crippen molar-refractivity contribution < 1.29 is 4.79 Å². The summed E-state index contributed by atoms with van der Waals surface area (Å²) in [6.45, 7) is 3.67. The first-order valence-corrected chi connectivity index (χ1v) is 11.5. The summed E-state index contributed by atoms with van der Waals surface area (Å²) in [5.41, 5.74) is 7.13. The van der Waals surface area contributed by atoms with Crippen molar-refractivity contribution in [3.8, 4) is 0 Å². The number of nitrogens with zero attached hydrogens (tertiary/aromatic N) is 3. The fraction of sp³-hybridized carbons (Fsp3) is 0.476. The Bertz CT molecular complexity index is 937. The van der Waals surface area contributed by atoms with Gasteiger partial charge in [-0.25, -0.2) is 9.97 Å². The molecule has 0 bridgehead atoms. The van der Waals surface area contributed by atoms with Crippen LogP contribution in [0.2, 0.25) is 10.0 Å². The van der Waals surface area contributed by atoms with E-state index in [4.69, 9.17) is 33.9 Å². The number of hydrogen-bond acceptors (Lipinski definition) is 5. The molecule has 2 N–H and O–H groups in total. The third-order valence-corrected chi connectivity index (χ3v) is 8.22. The number of aromatic nitrogens is 2. The van der Waals surface area contributed by atoms with Gasteiger partial charge in [0.1, 0.15) is 5.03 Å². The Morgan fingerprint density at radius 2 is 1.83 bits per heavy atom. The maximum absolute atomic E-state index is 12.2. The lowest BCUT2D eigenvalue weighted by molar-refractivity contribution is 0.0995. The largest absolute Gasteiger partial charge is 0.364 e. The molecule has 1 aliphatic heterocycles. The average molecular weight is 451 g/mol. The van der Waals surface area contributed by atoms with Crippen molar-refractivity contribution >= 4 is 46.7 Å². The molecule has 154 valence electrons. The molecule has 1 aliphatic carbocycles. The summed E-state index contributed by atoms with van der Waals surface area (Å²) >= 11 is 13.8. The van der Waals surface area contributed by atoms with E-state index in [-0.39, 0.29) is 5.69 Å². The van der Waals surface area contributed by atoms with Gasteiger partial charge in [-0.3, -0.25) is 4.79 Å². The molecule has 2 aliphatic rings. The van der Waals surface area contributed by atoms with E-state index < -0.39 is 5.91 Å². The van der Waals surface area contributed by atoms with Gasteiger partial charge in [0.05, 0.1) is 15.7 Å². The predicted octanol–water partition coefficient (Wildman–Crippen LogP) is 5.50.